The summed E-state index contributed by atoms with van der Waals surface area (Å²) in [7, 11) is 0. The number of carbonyl (C=O) groups is 1. The lowest BCUT2D eigenvalue weighted by Crippen LogP contribution is -2.54. The largest absolute Gasteiger partial charge is 0.375 e. The minimum atomic E-state index is -1.40. The van der Waals surface area contributed by atoms with E-state index in [0.29, 0.717) is 0 Å². The molecule has 2 fully saturated rings. The quantitative estimate of drug-likeness (QED) is 0.699. The number of aliphatic hydroxyl groups is 1. The van der Waals surface area contributed by atoms with E-state index in [1.165, 1.54) is 5.57 Å². The minimum absolute atomic E-state index is 0.0130. The lowest BCUT2D eigenvalue weighted by Gasteiger charge is -2.37. The summed E-state index contributed by atoms with van der Waals surface area (Å²) >= 11 is 0. The van der Waals surface area contributed by atoms with E-state index in [-0.39, 0.29) is 17.9 Å². The Hall–Kier alpha value is -1.65. The maximum atomic E-state index is 13.3. The van der Waals surface area contributed by atoms with Crippen LogP contribution in [-0.4, -0.2) is 41.6 Å². The van der Waals surface area contributed by atoms with Gasteiger partial charge in [-0.25, -0.2) is 0 Å². The molecule has 1 saturated carbocycles. The molecule has 154 valence electrons. The monoisotopic (exact) mass is 384 g/mol. The molecule has 2 N–H and O–H groups in total. The SMILES string of the molecule is CC(C)=CCCN1CCC(NC(=O)[C@@](O)(c2ccccc2)C2CCCC2)CC1. The standard InChI is InChI=1S/C24H36N2O2/c1-19(2)9-8-16-26-17-14-22(15-18-26)25-23(27)24(28,21-12-6-7-13-21)20-10-4-3-5-11-20/h3-5,9-11,21-22,28H,6-8,12-18H2,1-2H3,(H,25,27)/t24-/m1/s1. The van der Waals surface area contributed by atoms with Gasteiger partial charge in [-0.2, -0.15) is 0 Å². The molecule has 3 rings (SSSR count). The number of amides is 1. The van der Waals surface area contributed by atoms with E-state index in [1.54, 1.807) is 0 Å². The van der Waals surface area contributed by atoms with Crippen LogP contribution in [0.15, 0.2) is 42.0 Å². The molecular weight excluding hydrogens is 348 g/mol. The van der Waals surface area contributed by atoms with Crippen LogP contribution in [-0.2, 0) is 10.4 Å². The number of likely N-dealkylation sites (tertiary alicyclic amines) is 1. The molecule has 0 bridgehead atoms. The van der Waals surface area contributed by atoms with Gasteiger partial charge in [-0.1, -0.05) is 54.8 Å². The number of nitrogens with zero attached hydrogens (tertiary/aromatic N) is 1. The lowest BCUT2D eigenvalue weighted by atomic mass is 9.79. The van der Waals surface area contributed by atoms with Crippen LogP contribution in [0, 0.1) is 5.92 Å². The van der Waals surface area contributed by atoms with E-state index in [2.05, 4.69) is 30.1 Å². The Morgan fingerprint density at radius 3 is 2.39 bits per heavy atom. The number of hydrogen-bond acceptors (Lipinski definition) is 3. The molecule has 1 heterocycles. The summed E-state index contributed by atoms with van der Waals surface area (Å²) in [5.74, 6) is -0.187. The zero-order valence-electron chi connectivity index (χ0n) is 17.5. The van der Waals surface area contributed by atoms with Crippen molar-refractivity contribution in [1.82, 2.24) is 10.2 Å². The first-order valence-electron chi connectivity index (χ1n) is 10.9. The van der Waals surface area contributed by atoms with Crippen LogP contribution in [0.2, 0.25) is 0 Å². The molecule has 1 saturated heterocycles. The van der Waals surface area contributed by atoms with Gasteiger partial charge in [0.1, 0.15) is 0 Å². The van der Waals surface area contributed by atoms with Gasteiger partial charge in [0.2, 0.25) is 0 Å². The van der Waals surface area contributed by atoms with Crippen molar-refractivity contribution >= 4 is 5.91 Å². The normalized spacial score (nSPS) is 21.2. The van der Waals surface area contributed by atoms with E-state index in [4.69, 9.17) is 0 Å². The van der Waals surface area contributed by atoms with E-state index in [1.807, 2.05) is 30.3 Å². The molecule has 4 heteroatoms. The molecule has 1 aromatic rings. The zero-order chi connectivity index (χ0) is 20.0. The molecule has 2 aliphatic rings. The highest BCUT2D eigenvalue weighted by molar-refractivity contribution is 5.87. The van der Waals surface area contributed by atoms with Gasteiger partial charge in [-0.05, 0) is 51.5 Å². The van der Waals surface area contributed by atoms with Gasteiger partial charge >= 0.3 is 0 Å². The smallest absolute Gasteiger partial charge is 0.257 e. The number of allylic oxidation sites excluding steroid dienone is 1. The third kappa shape index (κ3) is 5.03. The Bertz CT molecular complexity index is 654. The van der Waals surface area contributed by atoms with Gasteiger partial charge < -0.3 is 15.3 Å². The van der Waals surface area contributed by atoms with Crippen molar-refractivity contribution in [2.45, 2.75) is 70.4 Å². The molecule has 1 atom stereocenters. The molecule has 1 aromatic carbocycles. The second kappa shape index (κ2) is 9.71. The molecule has 0 aromatic heterocycles. The average Bonchev–Trinajstić information content (AvgIpc) is 3.24. The van der Waals surface area contributed by atoms with Crippen LogP contribution >= 0.6 is 0 Å². The number of rotatable bonds is 7. The first-order valence-corrected chi connectivity index (χ1v) is 10.9. The Kier molecular flexibility index (Phi) is 7.30. The molecule has 0 unspecified atom stereocenters. The number of carbonyl (C=O) groups excluding carboxylic acids is 1. The van der Waals surface area contributed by atoms with Crippen molar-refractivity contribution in [1.29, 1.82) is 0 Å². The van der Waals surface area contributed by atoms with Gasteiger partial charge in [0, 0.05) is 31.6 Å². The number of nitrogens with one attached hydrogen (secondary N) is 1. The third-order valence-corrected chi connectivity index (χ3v) is 6.43. The van der Waals surface area contributed by atoms with Gasteiger partial charge in [-0.15, -0.1) is 0 Å². The van der Waals surface area contributed by atoms with Crippen LogP contribution in [0.25, 0.3) is 0 Å². The van der Waals surface area contributed by atoms with Crippen LogP contribution in [0.5, 0.6) is 0 Å². The van der Waals surface area contributed by atoms with Crippen molar-refractivity contribution in [3.8, 4) is 0 Å². The van der Waals surface area contributed by atoms with Crippen molar-refractivity contribution in [3.05, 3.63) is 47.5 Å². The lowest BCUT2D eigenvalue weighted by molar-refractivity contribution is -0.148. The van der Waals surface area contributed by atoms with Gasteiger partial charge in [0.05, 0.1) is 0 Å². The van der Waals surface area contributed by atoms with E-state index in [0.717, 1.165) is 70.1 Å². The predicted octanol–water partition coefficient (Wildman–Crippen LogP) is 4.00. The van der Waals surface area contributed by atoms with Crippen molar-refractivity contribution in [3.63, 3.8) is 0 Å². The molecule has 0 radical (unpaired) electrons. The Morgan fingerprint density at radius 2 is 1.79 bits per heavy atom. The third-order valence-electron chi connectivity index (χ3n) is 6.43. The number of piperidine rings is 1. The fraction of sp³-hybridized carbons (Fsp3) is 0.625. The fourth-order valence-electron chi connectivity index (χ4n) is 4.72. The second-order valence-electron chi connectivity index (χ2n) is 8.77. The number of benzene rings is 1. The maximum Gasteiger partial charge on any atom is 0.257 e. The van der Waals surface area contributed by atoms with Crippen molar-refractivity contribution in [2.75, 3.05) is 19.6 Å². The number of hydrogen-bond donors (Lipinski definition) is 2. The summed E-state index contributed by atoms with van der Waals surface area (Å²) in [6.45, 7) is 7.38. The van der Waals surface area contributed by atoms with Crippen LogP contribution < -0.4 is 5.32 Å². The summed E-state index contributed by atoms with van der Waals surface area (Å²) < 4.78 is 0. The molecule has 1 aliphatic heterocycles. The summed E-state index contributed by atoms with van der Waals surface area (Å²) in [4.78, 5) is 15.7. The molecule has 28 heavy (non-hydrogen) atoms. The summed E-state index contributed by atoms with van der Waals surface area (Å²) in [5.41, 5.74) is 0.700. The van der Waals surface area contributed by atoms with Gasteiger partial charge in [0.15, 0.2) is 5.60 Å². The van der Waals surface area contributed by atoms with Gasteiger partial charge in [0.25, 0.3) is 5.91 Å². The fourth-order valence-corrected chi connectivity index (χ4v) is 4.72. The second-order valence-corrected chi connectivity index (χ2v) is 8.77. The Labute approximate surface area is 170 Å². The van der Waals surface area contributed by atoms with Gasteiger partial charge in [-0.3, -0.25) is 4.79 Å². The Balaban J connectivity index is 1.60. The molecule has 4 nitrogen and oxygen atoms in total. The molecule has 1 aliphatic carbocycles. The van der Waals surface area contributed by atoms with Crippen molar-refractivity contribution in [2.24, 2.45) is 5.92 Å². The van der Waals surface area contributed by atoms with E-state index in [9.17, 15) is 9.90 Å². The maximum absolute atomic E-state index is 13.3. The summed E-state index contributed by atoms with van der Waals surface area (Å²) in [6.07, 6.45) is 9.31. The first-order chi connectivity index (χ1) is 13.5. The van der Waals surface area contributed by atoms with Crippen LogP contribution in [0.1, 0.15) is 64.4 Å². The summed E-state index contributed by atoms with van der Waals surface area (Å²) in [6, 6.07) is 9.69. The highest BCUT2D eigenvalue weighted by Crippen LogP contribution is 2.41. The zero-order valence-corrected chi connectivity index (χ0v) is 17.5. The molecular formula is C24H36N2O2. The first kappa shape index (κ1) is 21.1. The minimum Gasteiger partial charge on any atom is -0.375 e. The van der Waals surface area contributed by atoms with E-state index < -0.39 is 5.60 Å². The predicted molar refractivity (Wildman–Crippen MR) is 114 cm³/mol. The highest BCUT2D eigenvalue weighted by Gasteiger charge is 2.46. The Morgan fingerprint density at radius 1 is 1.14 bits per heavy atom. The average molecular weight is 385 g/mol. The summed E-state index contributed by atoms with van der Waals surface area (Å²) in [5, 5.41) is 14.8. The molecule has 0 spiro atoms. The topological polar surface area (TPSA) is 52.6 Å². The van der Waals surface area contributed by atoms with Crippen LogP contribution in [0.3, 0.4) is 0 Å². The highest BCUT2D eigenvalue weighted by atomic mass is 16.3. The van der Waals surface area contributed by atoms with Crippen LogP contribution in [0.4, 0.5) is 0 Å². The van der Waals surface area contributed by atoms with E-state index >= 15 is 0 Å². The van der Waals surface area contributed by atoms with Crippen molar-refractivity contribution < 1.29 is 9.90 Å². The molecule has 1 amide bonds.